The quantitative estimate of drug-likeness (QED) is 0.190. The molecule has 0 saturated carbocycles. The molecule has 0 aromatic heterocycles. The molecule has 150 valence electrons. The summed E-state index contributed by atoms with van der Waals surface area (Å²) in [6.45, 7) is 0. The largest absolute Gasteiger partial charge is 0.423 e. The van der Waals surface area contributed by atoms with Gasteiger partial charge in [-0.1, -0.05) is 28.1 Å². The van der Waals surface area contributed by atoms with Crippen LogP contribution in [-0.2, 0) is 0 Å². The summed E-state index contributed by atoms with van der Waals surface area (Å²) >= 11 is 3.30. The highest BCUT2D eigenvalue weighted by Gasteiger charge is 2.13. The first-order valence-electron chi connectivity index (χ1n) is 8.58. The van der Waals surface area contributed by atoms with Gasteiger partial charge in [0.05, 0.1) is 16.7 Å². The van der Waals surface area contributed by atoms with Gasteiger partial charge >= 0.3 is 5.97 Å². The van der Waals surface area contributed by atoms with E-state index in [-0.39, 0.29) is 22.9 Å². The third-order valence-corrected chi connectivity index (χ3v) is 4.34. The Morgan fingerprint density at radius 3 is 2.40 bits per heavy atom. The minimum Gasteiger partial charge on any atom is -0.423 e. The first-order valence-corrected chi connectivity index (χ1v) is 9.37. The number of nitrogens with one attached hydrogen (secondary N) is 1. The molecule has 0 fully saturated rings. The second-order valence-corrected chi connectivity index (χ2v) is 6.89. The number of hydrogen-bond donors (Lipinski definition) is 1. The van der Waals surface area contributed by atoms with E-state index >= 15 is 0 Å². The molecule has 0 heterocycles. The molecule has 0 spiro atoms. The summed E-state index contributed by atoms with van der Waals surface area (Å²) in [4.78, 5) is 34.4. The highest BCUT2D eigenvalue weighted by Crippen LogP contribution is 2.17. The standard InChI is InChI=1S/C21H14BrN3O5/c22-17-5-1-3-15(11-17)20(26)24-23-13-14-7-9-19(10-8-14)30-21(27)16-4-2-6-18(12-16)25(28)29/h1-13H,(H,24,26)/b23-13-. The average Bonchev–Trinajstić information content (AvgIpc) is 2.75. The highest BCUT2D eigenvalue weighted by molar-refractivity contribution is 9.10. The number of rotatable bonds is 6. The normalized spacial score (nSPS) is 10.6. The van der Waals surface area contributed by atoms with Gasteiger partial charge in [0, 0.05) is 22.2 Å². The van der Waals surface area contributed by atoms with Gasteiger partial charge in [0.15, 0.2) is 0 Å². The zero-order valence-electron chi connectivity index (χ0n) is 15.3. The first kappa shape index (κ1) is 20.9. The number of amides is 1. The number of halogens is 1. The Labute approximate surface area is 179 Å². The van der Waals surface area contributed by atoms with E-state index in [1.807, 2.05) is 6.07 Å². The van der Waals surface area contributed by atoms with Crippen molar-refractivity contribution in [2.45, 2.75) is 0 Å². The summed E-state index contributed by atoms with van der Waals surface area (Å²) in [5, 5.41) is 14.7. The molecular formula is C21H14BrN3O5. The second-order valence-electron chi connectivity index (χ2n) is 5.98. The molecule has 0 aliphatic rings. The van der Waals surface area contributed by atoms with E-state index in [0.717, 1.165) is 10.5 Å². The number of carbonyl (C=O) groups excluding carboxylic acids is 2. The van der Waals surface area contributed by atoms with E-state index in [0.29, 0.717) is 11.1 Å². The van der Waals surface area contributed by atoms with Gasteiger partial charge in [-0.2, -0.15) is 5.10 Å². The fraction of sp³-hybridized carbons (Fsp3) is 0. The number of hydrazone groups is 1. The van der Waals surface area contributed by atoms with E-state index in [1.54, 1.807) is 42.5 Å². The Bertz CT molecular complexity index is 1130. The molecule has 0 aliphatic heterocycles. The zero-order valence-corrected chi connectivity index (χ0v) is 16.9. The molecule has 1 amide bonds. The van der Waals surface area contributed by atoms with Crippen molar-refractivity contribution >= 4 is 39.7 Å². The third-order valence-electron chi connectivity index (χ3n) is 3.85. The van der Waals surface area contributed by atoms with Gasteiger partial charge in [-0.05, 0) is 54.1 Å². The summed E-state index contributed by atoms with van der Waals surface area (Å²) in [6, 6.07) is 18.6. The van der Waals surface area contributed by atoms with Crippen LogP contribution in [0.3, 0.4) is 0 Å². The molecule has 1 N–H and O–H groups in total. The van der Waals surface area contributed by atoms with Gasteiger partial charge in [-0.3, -0.25) is 14.9 Å². The summed E-state index contributed by atoms with van der Waals surface area (Å²) in [7, 11) is 0. The monoisotopic (exact) mass is 467 g/mol. The fourth-order valence-electron chi connectivity index (χ4n) is 2.39. The number of nitro benzene ring substituents is 1. The zero-order chi connectivity index (χ0) is 21.5. The summed E-state index contributed by atoms with van der Waals surface area (Å²) < 4.78 is 6.01. The number of benzene rings is 3. The van der Waals surface area contributed by atoms with Crippen LogP contribution in [0.15, 0.2) is 82.4 Å². The molecule has 3 rings (SSSR count). The highest BCUT2D eigenvalue weighted by atomic mass is 79.9. The van der Waals surface area contributed by atoms with Gasteiger partial charge in [0.2, 0.25) is 0 Å². The van der Waals surface area contributed by atoms with E-state index in [2.05, 4.69) is 26.5 Å². The Kier molecular flexibility index (Phi) is 6.66. The van der Waals surface area contributed by atoms with E-state index in [1.165, 1.54) is 24.4 Å². The minimum atomic E-state index is -0.707. The van der Waals surface area contributed by atoms with Gasteiger partial charge < -0.3 is 4.74 Å². The van der Waals surface area contributed by atoms with Crippen LogP contribution < -0.4 is 10.2 Å². The topological polar surface area (TPSA) is 111 Å². The summed E-state index contributed by atoms with van der Waals surface area (Å²) in [5.74, 6) is -0.793. The number of nitrogens with zero attached hydrogens (tertiary/aromatic N) is 2. The molecular weight excluding hydrogens is 454 g/mol. The minimum absolute atomic E-state index is 0.0742. The van der Waals surface area contributed by atoms with E-state index in [9.17, 15) is 19.7 Å². The van der Waals surface area contributed by atoms with E-state index in [4.69, 9.17) is 4.74 Å². The summed E-state index contributed by atoms with van der Waals surface area (Å²) in [6.07, 6.45) is 1.45. The number of nitro groups is 1. The Morgan fingerprint density at radius 2 is 1.70 bits per heavy atom. The van der Waals surface area contributed by atoms with Crippen molar-refractivity contribution < 1.29 is 19.2 Å². The molecule has 3 aromatic carbocycles. The van der Waals surface area contributed by atoms with Crippen molar-refractivity contribution in [2.24, 2.45) is 5.10 Å². The predicted octanol–water partition coefficient (Wildman–Crippen LogP) is 4.34. The smallest absolute Gasteiger partial charge is 0.343 e. The molecule has 9 heteroatoms. The maximum Gasteiger partial charge on any atom is 0.343 e. The molecule has 8 nitrogen and oxygen atoms in total. The number of non-ortho nitro benzene ring substituents is 1. The number of hydrogen-bond acceptors (Lipinski definition) is 6. The lowest BCUT2D eigenvalue weighted by Crippen LogP contribution is -2.17. The molecule has 0 aliphatic carbocycles. The second kappa shape index (κ2) is 9.57. The maximum atomic E-state index is 12.2. The molecule has 0 bridgehead atoms. The van der Waals surface area contributed by atoms with Crippen LogP contribution in [0.2, 0.25) is 0 Å². The van der Waals surface area contributed by atoms with Gasteiger partial charge in [0.1, 0.15) is 5.75 Å². The molecule has 0 radical (unpaired) electrons. The van der Waals surface area contributed by atoms with E-state index < -0.39 is 10.9 Å². The Hall–Kier alpha value is -3.85. The molecule has 0 atom stereocenters. The molecule has 0 saturated heterocycles. The van der Waals surface area contributed by atoms with Crippen molar-refractivity contribution in [3.05, 3.63) is 104 Å². The Balaban J connectivity index is 1.59. The number of carbonyl (C=O) groups is 2. The SMILES string of the molecule is O=C(N/N=C\c1ccc(OC(=O)c2cccc([N+](=O)[O-])c2)cc1)c1cccc(Br)c1. The van der Waals surface area contributed by atoms with Crippen LogP contribution in [0.25, 0.3) is 0 Å². The van der Waals surface area contributed by atoms with Crippen LogP contribution in [-0.4, -0.2) is 23.0 Å². The van der Waals surface area contributed by atoms with Crippen molar-refractivity contribution in [2.75, 3.05) is 0 Å². The van der Waals surface area contributed by atoms with Crippen LogP contribution in [0.5, 0.6) is 5.75 Å². The van der Waals surface area contributed by atoms with Crippen molar-refractivity contribution in [3.63, 3.8) is 0 Å². The average molecular weight is 468 g/mol. The molecule has 3 aromatic rings. The lowest BCUT2D eigenvalue weighted by molar-refractivity contribution is -0.384. The van der Waals surface area contributed by atoms with Crippen LogP contribution >= 0.6 is 15.9 Å². The van der Waals surface area contributed by atoms with Crippen LogP contribution in [0.4, 0.5) is 5.69 Å². The maximum absolute atomic E-state index is 12.2. The third kappa shape index (κ3) is 5.58. The van der Waals surface area contributed by atoms with Gasteiger partial charge in [-0.25, -0.2) is 10.2 Å². The van der Waals surface area contributed by atoms with Crippen LogP contribution in [0, 0.1) is 10.1 Å². The summed E-state index contributed by atoms with van der Waals surface area (Å²) in [5.41, 5.74) is 3.44. The van der Waals surface area contributed by atoms with Crippen LogP contribution in [0.1, 0.15) is 26.3 Å². The lowest BCUT2D eigenvalue weighted by atomic mass is 10.2. The number of esters is 1. The van der Waals surface area contributed by atoms with Gasteiger partial charge in [-0.15, -0.1) is 0 Å². The predicted molar refractivity (Wildman–Crippen MR) is 114 cm³/mol. The van der Waals surface area contributed by atoms with Crippen molar-refractivity contribution in [1.82, 2.24) is 5.43 Å². The molecule has 30 heavy (non-hydrogen) atoms. The Morgan fingerprint density at radius 1 is 1.00 bits per heavy atom. The fourth-order valence-corrected chi connectivity index (χ4v) is 2.79. The van der Waals surface area contributed by atoms with Crippen molar-refractivity contribution in [3.8, 4) is 5.75 Å². The van der Waals surface area contributed by atoms with Gasteiger partial charge in [0.25, 0.3) is 11.6 Å². The molecule has 0 unspecified atom stereocenters. The first-order chi connectivity index (χ1) is 14.4. The van der Waals surface area contributed by atoms with Crippen molar-refractivity contribution in [1.29, 1.82) is 0 Å². The lowest BCUT2D eigenvalue weighted by Gasteiger charge is -2.04. The number of ether oxygens (including phenoxy) is 1.